The molecule has 0 spiro atoms. The molecule has 1 aromatic heterocycles. The Morgan fingerprint density at radius 3 is 2.18 bits per heavy atom. The van der Waals surface area contributed by atoms with Crippen LogP contribution in [0.25, 0.3) is 0 Å². The Hall–Kier alpha value is -3.05. The van der Waals surface area contributed by atoms with Crippen LogP contribution in [0.4, 0.5) is 0 Å². The highest BCUT2D eigenvalue weighted by Gasteiger charge is 2.19. The second kappa shape index (κ2) is 8.76. The maximum atomic E-state index is 5.82. The van der Waals surface area contributed by atoms with Crippen LogP contribution in [-0.2, 0) is 6.61 Å². The Morgan fingerprint density at radius 1 is 0.857 bits per heavy atom. The van der Waals surface area contributed by atoms with Crippen molar-refractivity contribution in [1.82, 2.24) is 10.2 Å². The number of hydrogen-bond donors (Lipinski definition) is 0. The predicted molar refractivity (Wildman–Crippen MR) is 110 cm³/mol. The third kappa shape index (κ3) is 4.61. The lowest BCUT2D eigenvalue weighted by Gasteiger charge is -2.15. The van der Waals surface area contributed by atoms with Crippen molar-refractivity contribution in [2.75, 3.05) is 0 Å². The van der Waals surface area contributed by atoms with Crippen molar-refractivity contribution in [2.45, 2.75) is 24.0 Å². The van der Waals surface area contributed by atoms with E-state index in [9.17, 15) is 0 Å². The number of benzene rings is 3. The molecule has 5 heteroatoms. The van der Waals surface area contributed by atoms with Crippen molar-refractivity contribution in [1.29, 1.82) is 0 Å². The molecule has 0 unspecified atom stereocenters. The molecule has 3 aromatic carbocycles. The molecule has 0 N–H and O–H groups in total. The van der Waals surface area contributed by atoms with Crippen LogP contribution in [0.1, 0.15) is 27.8 Å². The van der Waals surface area contributed by atoms with Gasteiger partial charge in [-0.15, -0.1) is 10.2 Å². The van der Waals surface area contributed by atoms with Gasteiger partial charge in [0.05, 0.1) is 5.25 Å². The number of nitrogens with zero attached hydrogens (tertiary/aromatic N) is 2. The summed E-state index contributed by atoms with van der Waals surface area (Å²) in [6, 6.07) is 28.5. The van der Waals surface area contributed by atoms with E-state index in [0.717, 1.165) is 11.3 Å². The molecule has 0 atom stereocenters. The van der Waals surface area contributed by atoms with Gasteiger partial charge >= 0.3 is 0 Å². The number of thioether (sulfide) groups is 1. The minimum Gasteiger partial charge on any atom is -0.484 e. The van der Waals surface area contributed by atoms with Crippen molar-refractivity contribution in [3.8, 4) is 5.75 Å². The second-order valence-electron chi connectivity index (χ2n) is 6.39. The fourth-order valence-electron chi connectivity index (χ4n) is 2.88. The van der Waals surface area contributed by atoms with E-state index in [1.807, 2.05) is 67.6 Å². The normalized spacial score (nSPS) is 10.9. The van der Waals surface area contributed by atoms with Crippen LogP contribution in [0.2, 0.25) is 0 Å². The highest BCUT2D eigenvalue weighted by Crippen LogP contribution is 2.39. The van der Waals surface area contributed by atoms with Crippen LogP contribution < -0.4 is 4.74 Å². The predicted octanol–water partition coefficient (Wildman–Crippen LogP) is 5.84. The molecule has 0 fully saturated rings. The van der Waals surface area contributed by atoms with E-state index in [4.69, 9.17) is 9.15 Å². The van der Waals surface area contributed by atoms with Gasteiger partial charge in [-0.2, -0.15) is 0 Å². The molecular formula is C23H20N2O2S. The second-order valence-corrected chi connectivity index (χ2v) is 7.44. The van der Waals surface area contributed by atoms with Gasteiger partial charge in [-0.05, 0) is 35.7 Å². The van der Waals surface area contributed by atoms with Gasteiger partial charge < -0.3 is 9.15 Å². The molecule has 0 aliphatic heterocycles. The van der Waals surface area contributed by atoms with Gasteiger partial charge in [0.25, 0.3) is 11.1 Å². The zero-order chi connectivity index (χ0) is 19.2. The highest BCUT2D eigenvalue weighted by molar-refractivity contribution is 7.99. The Balaban J connectivity index is 1.49. The van der Waals surface area contributed by atoms with E-state index in [1.165, 1.54) is 11.1 Å². The first-order valence-electron chi connectivity index (χ1n) is 9.06. The smallest absolute Gasteiger partial charge is 0.277 e. The third-order valence-electron chi connectivity index (χ3n) is 4.22. The zero-order valence-corrected chi connectivity index (χ0v) is 16.3. The maximum Gasteiger partial charge on any atom is 0.277 e. The lowest BCUT2D eigenvalue weighted by Crippen LogP contribution is -1.96. The number of rotatable bonds is 7. The van der Waals surface area contributed by atoms with Crippen LogP contribution in [0, 0.1) is 6.92 Å². The molecule has 28 heavy (non-hydrogen) atoms. The summed E-state index contributed by atoms with van der Waals surface area (Å²) in [5.74, 6) is 1.25. The maximum absolute atomic E-state index is 5.82. The zero-order valence-electron chi connectivity index (χ0n) is 15.5. The Bertz CT molecular complexity index is 979. The van der Waals surface area contributed by atoms with Crippen molar-refractivity contribution in [3.63, 3.8) is 0 Å². The molecule has 140 valence electrons. The first-order valence-corrected chi connectivity index (χ1v) is 9.94. The topological polar surface area (TPSA) is 48.2 Å². The molecule has 0 radical (unpaired) electrons. The van der Waals surface area contributed by atoms with Gasteiger partial charge in [-0.3, -0.25) is 0 Å². The molecule has 4 aromatic rings. The van der Waals surface area contributed by atoms with Crippen LogP contribution in [0.15, 0.2) is 94.6 Å². The summed E-state index contributed by atoms with van der Waals surface area (Å²) in [5.41, 5.74) is 3.52. The van der Waals surface area contributed by atoms with E-state index in [1.54, 1.807) is 11.8 Å². The molecule has 0 aliphatic rings. The standard InChI is InChI=1S/C23H20N2O2S/c1-17-9-8-14-20(15-17)26-16-21-24-25-23(27-21)28-22(18-10-4-2-5-11-18)19-12-6-3-7-13-19/h2-15,22H,16H2,1H3. The van der Waals surface area contributed by atoms with E-state index in [-0.39, 0.29) is 11.9 Å². The lowest BCUT2D eigenvalue weighted by atomic mass is 10.0. The number of aromatic nitrogens is 2. The van der Waals surface area contributed by atoms with Crippen molar-refractivity contribution in [3.05, 3.63) is 108 Å². The highest BCUT2D eigenvalue weighted by atomic mass is 32.2. The summed E-state index contributed by atoms with van der Waals surface area (Å²) in [4.78, 5) is 0. The molecular weight excluding hydrogens is 368 g/mol. The van der Waals surface area contributed by atoms with Crippen LogP contribution in [0.5, 0.6) is 5.75 Å². The lowest BCUT2D eigenvalue weighted by molar-refractivity contribution is 0.252. The fourth-order valence-corrected chi connectivity index (χ4v) is 3.90. The molecule has 0 saturated heterocycles. The number of hydrogen-bond acceptors (Lipinski definition) is 5. The van der Waals surface area contributed by atoms with Gasteiger partial charge in [0.1, 0.15) is 5.75 Å². The molecule has 4 rings (SSSR count). The van der Waals surface area contributed by atoms with Crippen LogP contribution in [-0.4, -0.2) is 10.2 Å². The molecule has 4 nitrogen and oxygen atoms in total. The molecule has 0 amide bonds. The van der Waals surface area contributed by atoms with Gasteiger partial charge in [0, 0.05) is 0 Å². The molecule has 0 bridgehead atoms. The summed E-state index contributed by atoms with van der Waals surface area (Å²) in [6.45, 7) is 2.28. The monoisotopic (exact) mass is 388 g/mol. The first kappa shape index (κ1) is 18.3. The minimum absolute atomic E-state index is 0.0772. The SMILES string of the molecule is Cc1cccc(OCc2nnc(SC(c3ccccc3)c3ccccc3)o2)c1. The fraction of sp³-hybridized carbons (Fsp3) is 0.130. The molecule has 0 saturated carbocycles. The minimum atomic E-state index is 0.0772. The number of ether oxygens (including phenoxy) is 1. The van der Waals surface area contributed by atoms with E-state index < -0.39 is 0 Å². The van der Waals surface area contributed by atoms with Gasteiger partial charge in [0.15, 0.2) is 6.61 Å². The largest absolute Gasteiger partial charge is 0.484 e. The summed E-state index contributed by atoms with van der Waals surface area (Å²) in [6.07, 6.45) is 0. The van der Waals surface area contributed by atoms with Gasteiger partial charge in [0.2, 0.25) is 0 Å². The summed E-state index contributed by atoms with van der Waals surface area (Å²) >= 11 is 1.54. The van der Waals surface area contributed by atoms with E-state index in [2.05, 4.69) is 34.5 Å². The van der Waals surface area contributed by atoms with Crippen molar-refractivity contribution >= 4 is 11.8 Å². The average Bonchev–Trinajstić information content (AvgIpc) is 3.19. The van der Waals surface area contributed by atoms with Crippen molar-refractivity contribution in [2.24, 2.45) is 0 Å². The Morgan fingerprint density at radius 2 is 1.54 bits per heavy atom. The van der Waals surface area contributed by atoms with Crippen molar-refractivity contribution < 1.29 is 9.15 Å². The number of aryl methyl sites for hydroxylation is 1. The third-order valence-corrected chi connectivity index (χ3v) is 5.37. The summed E-state index contributed by atoms with van der Waals surface area (Å²) in [5, 5.41) is 8.94. The molecule has 1 heterocycles. The quantitative estimate of drug-likeness (QED) is 0.372. The Kier molecular flexibility index (Phi) is 5.73. The van der Waals surface area contributed by atoms with Gasteiger partial charge in [-0.1, -0.05) is 84.6 Å². The average molecular weight is 388 g/mol. The van der Waals surface area contributed by atoms with Crippen LogP contribution in [0.3, 0.4) is 0 Å². The van der Waals surface area contributed by atoms with E-state index in [0.29, 0.717) is 11.1 Å². The van der Waals surface area contributed by atoms with E-state index >= 15 is 0 Å². The first-order chi connectivity index (χ1) is 13.8. The van der Waals surface area contributed by atoms with Gasteiger partial charge in [-0.25, -0.2) is 0 Å². The summed E-state index contributed by atoms with van der Waals surface area (Å²) in [7, 11) is 0. The van der Waals surface area contributed by atoms with Crippen LogP contribution >= 0.6 is 11.8 Å². The molecule has 0 aliphatic carbocycles. The Labute approximate surface area is 168 Å². The summed E-state index contributed by atoms with van der Waals surface area (Å²) < 4.78 is 11.6.